The van der Waals surface area contributed by atoms with Crippen molar-refractivity contribution in [2.45, 2.75) is 18.9 Å². The number of rotatable bonds is 4. The molecule has 1 unspecified atom stereocenters. The largest absolute Gasteiger partial charge is 0.491 e. The number of fused-ring (bicyclic) bond motifs is 5. The molecular formula is C26H22N2O5. The Labute approximate surface area is 190 Å². The third kappa shape index (κ3) is 2.96. The Morgan fingerprint density at radius 1 is 0.970 bits per heavy atom. The number of amides is 2. The van der Waals surface area contributed by atoms with Gasteiger partial charge in [0.15, 0.2) is 11.5 Å². The van der Waals surface area contributed by atoms with Crippen LogP contribution in [0.4, 0.5) is 5.69 Å². The second-order valence-electron chi connectivity index (χ2n) is 8.57. The molecule has 2 amide bonds. The smallest absolute Gasteiger partial charge is 0.246 e. The van der Waals surface area contributed by atoms with E-state index in [0.29, 0.717) is 23.8 Å². The fourth-order valence-electron chi connectivity index (χ4n) is 4.94. The fourth-order valence-corrected chi connectivity index (χ4v) is 4.94. The summed E-state index contributed by atoms with van der Waals surface area (Å²) in [6, 6.07) is 19.2. The molecule has 0 aromatic heterocycles. The van der Waals surface area contributed by atoms with Crippen LogP contribution in [0.5, 0.6) is 17.2 Å². The second kappa shape index (κ2) is 7.27. The number of nitrogens with one attached hydrogen (secondary N) is 1. The molecule has 1 N–H and O–H groups in total. The first-order chi connectivity index (χ1) is 16.1. The van der Waals surface area contributed by atoms with Crippen molar-refractivity contribution in [1.82, 2.24) is 5.32 Å². The van der Waals surface area contributed by atoms with Crippen LogP contribution in [0.2, 0.25) is 0 Å². The Balaban J connectivity index is 1.31. The molecule has 6 rings (SSSR count). The third-order valence-corrected chi connectivity index (χ3v) is 6.52. The molecule has 1 atom stereocenters. The summed E-state index contributed by atoms with van der Waals surface area (Å²) in [7, 11) is 0. The number of nitrogens with zero attached hydrogens (tertiary/aromatic N) is 1. The zero-order chi connectivity index (χ0) is 22.6. The predicted molar refractivity (Wildman–Crippen MR) is 121 cm³/mol. The van der Waals surface area contributed by atoms with Crippen LogP contribution in [0.25, 0.3) is 0 Å². The molecule has 3 aromatic rings. The van der Waals surface area contributed by atoms with Crippen molar-refractivity contribution in [3.05, 3.63) is 82.9 Å². The topological polar surface area (TPSA) is 77.1 Å². The van der Waals surface area contributed by atoms with Crippen molar-refractivity contribution in [2.75, 3.05) is 24.8 Å². The van der Waals surface area contributed by atoms with E-state index < -0.39 is 5.41 Å². The number of benzene rings is 3. The van der Waals surface area contributed by atoms with Gasteiger partial charge in [-0.1, -0.05) is 48.0 Å². The van der Waals surface area contributed by atoms with E-state index >= 15 is 0 Å². The first kappa shape index (κ1) is 19.7. The number of ether oxygens (including phenoxy) is 3. The molecule has 3 aliphatic heterocycles. The van der Waals surface area contributed by atoms with E-state index in [-0.39, 0.29) is 31.8 Å². The molecule has 0 aliphatic carbocycles. The lowest BCUT2D eigenvalue weighted by molar-refractivity contribution is -0.125. The summed E-state index contributed by atoms with van der Waals surface area (Å²) in [6.07, 6.45) is 0. The molecule has 33 heavy (non-hydrogen) atoms. The van der Waals surface area contributed by atoms with Gasteiger partial charge in [-0.3, -0.25) is 9.59 Å². The zero-order valence-electron chi connectivity index (χ0n) is 18.1. The third-order valence-electron chi connectivity index (χ3n) is 6.52. The zero-order valence-corrected chi connectivity index (χ0v) is 18.1. The van der Waals surface area contributed by atoms with E-state index in [1.54, 1.807) is 11.0 Å². The average Bonchev–Trinajstić information content (AvgIpc) is 3.49. The van der Waals surface area contributed by atoms with Crippen molar-refractivity contribution < 1.29 is 23.8 Å². The molecule has 7 nitrogen and oxygen atoms in total. The molecule has 166 valence electrons. The number of hydrogen-bond acceptors (Lipinski definition) is 5. The Morgan fingerprint density at radius 2 is 1.79 bits per heavy atom. The van der Waals surface area contributed by atoms with Gasteiger partial charge < -0.3 is 24.4 Å². The van der Waals surface area contributed by atoms with Crippen molar-refractivity contribution in [1.29, 1.82) is 0 Å². The lowest BCUT2D eigenvalue weighted by Gasteiger charge is -2.23. The molecule has 3 heterocycles. The van der Waals surface area contributed by atoms with E-state index in [1.165, 1.54) is 0 Å². The quantitative estimate of drug-likeness (QED) is 0.672. The van der Waals surface area contributed by atoms with Crippen molar-refractivity contribution in [3.8, 4) is 17.2 Å². The van der Waals surface area contributed by atoms with Crippen LogP contribution in [0.15, 0.2) is 60.7 Å². The summed E-state index contributed by atoms with van der Waals surface area (Å²) in [5.74, 6) is 1.41. The summed E-state index contributed by atoms with van der Waals surface area (Å²) in [5.41, 5.74) is 3.44. The molecule has 0 saturated carbocycles. The first-order valence-electron chi connectivity index (χ1n) is 10.9. The van der Waals surface area contributed by atoms with Crippen LogP contribution >= 0.6 is 0 Å². The van der Waals surface area contributed by atoms with Crippen LogP contribution in [-0.2, 0) is 21.5 Å². The normalized spacial score (nSPS) is 19.4. The van der Waals surface area contributed by atoms with Gasteiger partial charge in [-0.05, 0) is 30.2 Å². The summed E-state index contributed by atoms with van der Waals surface area (Å²) in [5, 5.41) is 2.94. The molecule has 7 heteroatoms. The van der Waals surface area contributed by atoms with Crippen LogP contribution in [0.3, 0.4) is 0 Å². The van der Waals surface area contributed by atoms with E-state index in [1.807, 2.05) is 61.5 Å². The molecule has 1 spiro atoms. The van der Waals surface area contributed by atoms with Gasteiger partial charge in [-0.25, -0.2) is 0 Å². The van der Waals surface area contributed by atoms with E-state index in [4.69, 9.17) is 14.2 Å². The first-order valence-corrected chi connectivity index (χ1v) is 10.9. The minimum Gasteiger partial charge on any atom is -0.491 e. The lowest BCUT2D eigenvalue weighted by atomic mass is 9.77. The molecular weight excluding hydrogens is 420 g/mol. The Kier molecular flexibility index (Phi) is 4.33. The van der Waals surface area contributed by atoms with Gasteiger partial charge in [-0.2, -0.15) is 0 Å². The number of aryl methyl sites for hydroxylation is 1. The lowest BCUT2D eigenvalue weighted by Crippen LogP contribution is -2.46. The second-order valence-corrected chi connectivity index (χ2v) is 8.57. The van der Waals surface area contributed by atoms with Crippen molar-refractivity contribution in [3.63, 3.8) is 0 Å². The van der Waals surface area contributed by atoms with Crippen molar-refractivity contribution in [2.24, 2.45) is 0 Å². The maximum atomic E-state index is 13.9. The van der Waals surface area contributed by atoms with Crippen molar-refractivity contribution >= 4 is 17.5 Å². The van der Waals surface area contributed by atoms with E-state index in [0.717, 1.165) is 27.9 Å². The Hall–Kier alpha value is -4.00. The minimum atomic E-state index is -1.01. The highest BCUT2D eigenvalue weighted by molar-refractivity contribution is 6.13. The van der Waals surface area contributed by atoms with Crippen LogP contribution < -0.4 is 24.4 Å². The summed E-state index contributed by atoms with van der Waals surface area (Å²) < 4.78 is 17.0. The number of carbonyl (C=O) groups is 2. The van der Waals surface area contributed by atoms with Gasteiger partial charge >= 0.3 is 0 Å². The molecule has 3 aromatic carbocycles. The molecule has 0 saturated heterocycles. The highest BCUT2D eigenvalue weighted by atomic mass is 16.7. The van der Waals surface area contributed by atoms with Gasteiger partial charge in [0.1, 0.15) is 24.3 Å². The van der Waals surface area contributed by atoms with Crippen LogP contribution in [-0.4, -0.2) is 31.8 Å². The van der Waals surface area contributed by atoms with E-state index in [9.17, 15) is 9.59 Å². The van der Waals surface area contributed by atoms with E-state index in [2.05, 4.69) is 5.32 Å². The molecule has 0 radical (unpaired) electrons. The summed E-state index contributed by atoms with van der Waals surface area (Å²) in [4.78, 5) is 28.3. The van der Waals surface area contributed by atoms with Crippen LogP contribution in [0.1, 0.15) is 22.3 Å². The standard InChI is InChI=1S/C26H22N2O5/c1-16-5-4-6-17(9-16)12-27-24(29)13-28-20-8-3-2-7-18(20)26(25(28)30)14-31-21-11-23-22(10-19(21)26)32-15-33-23/h2-11H,12-15H2,1H3,(H,27,29). The maximum Gasteiger partial charge on any atom is 0.246 e. The highest BCUT2D eigenvalue weighted by Gasteiger charge is 2.57. The van der Waals surface area contributed by atoms with Crippen LogP contribution in [0, 0.1) is 6.92 Å². The van der Waals surface area contributed by atoms with Gasteiger partial charge in [0, 0.05) is 23.9 Å². The Bertz CT molecular complexity index is 1300. The Morgan fingerprint density at radius 3 is 2.64 bits per heavy atom. The molecule has 0 fully saturated rings. The average molecular weight is 442 g/mol. The minimum absolute atomic E-state index is 0.0662. The van der Waals surface area contributed by atoms with Gasteiger partial charge in [-0.15, -0.1) is 0 Å². The number of carbonyl (C=O) groups excluding carboxylic acids is 2. The summed E-state index contributed by atoms with van der Waals surface area (Å²) in [6.45, 7) is 2.66. The van der Waals surface area contributed by atoms with Gasteiger partial charge in [0.25, 0.3) is 0 Å². The predicted octanol–water partition coefficient (Wildman–Crippen LogP) is 3.07. The molecule has 3 aliphatic rings. The number of hydrogen-bond donors (Lipinski definition) is 1. The van der Waals surface area contributed by atoms with Gasteiger partial charge in [0.2, 0.25) is 18.6 Å². The summed E-state index contributed by atoms with van der Waals surface area (Å²) >= 11 is 0. The van der Waals surface area contributed by atoms with Gasteiger partial charge in [0.05, 0.1) is 0 Å². The molecule has 0 bridgehead atoms. The number of anilines is 1. The highest BCUT2D eigenvalue weighted by Crippen LogP contribution is 2.54. The monoisotopic (exact) mass is 442 g/mol. The fraction of sp³-hybridized carbons (Fsp3) is 0.231. The SMILES string of the molecule is Cc1cccc(CNC(=O)CN2C(=O)C3(COc4cc5c(cc43)OCO5)c3ccccc32)c1. The maximum absolute atomic E-state index is 13.9. The number of para-hydroxylation sites is 1.